The molecule has 1 heterocycles. The third-order valence-electron chi connectivity index (χ3n) is 5.69. The number of benzene rings is 2. The Kier molecular flexibility index (Phi) is 6.26. The van der Waals surface area contributed by atoms with Gasteiger partial charge in [-0.1, -0.05) is 49.4 Å². The average Bonchev–Trinajstić information content (AvgIpc) is 3.62. The number of nitrogens with zero attached hydrogens (tertiary/aromatic N) is 3. The van der Waals surface area contributed by atoms with Crippen LogP contribution in [0.25, 0.3) is 10.9 Å². The topological polar surface area (TPSA) is 58.1 Å². The predicted molar refractivity (Wildman–Crippen MR) is 122 cm³/mol. The van der Waals surface area contributed by atoms with Gasteiger partial charge in [0.2, 0.25) is 5.91 Å². The second-order valence-corrected chi connectivity index (χ2v) is 8.23. The van der Waals surface area contributed by atoms with Crippen molar-refractivity contribution in [2.45, 2.75) is 58.0 Å². The summed E-state index contributed by atoms with van der Waals surface area (Å²) in [7, 11) is 0. The maximum atomic E-state index is 12.5. The van der Waals surface area contributed by atoms with Crippen LogP contribution in [0.4, 0.5) is 5.82 Å². The highest BCUT2D eigenvalue weighted by Gasteiger charge is 2.28. The van der Waals surface area contributed by atoms with Crippen LogP contribution in [0.5, 0.6) is 0 Å². The summed E-state index contributed by atoms with van der Waals surface area (Å²) in [5.41, 5.74) is 2.18. The van der Waals surface area contributed by atoms with Gasteiger partial charge in [-0.2, -0.15) is 0 Å². The largest absolute Gasteiger partial charge is 0.354 e. The van der Waals surface area contributed by atoms with Crippen molar-refractivity contribution in [2.75, 3.05) is 11.4 Å². The SMILES string of the molecule is CCC(C)NC(=O)CCN(Cc1ccccc1)c1nc(C2CC2)nc2ccccc12. The number of hydrogen-bond acceptors (Lipinski definition) is 4. The molecule has 2 aromatic carbocycles. The Balaban J connectivity index is 1.65. The molecule has 0 saturated heterocycles. The number of para-hydroxylation sites is 1. The zero-order valence-electron chi connectivity index (χ0n) is 17.8. The molecule has 0 spiro atoms. The zero-order valence-corrected chi connectivity index (χ0v) is 17.8. The summed E-state index contributed by atoms with van der Waals surface area (Å²) in [4.78, 5) is 24.5. The Morgan fingerprint density at radius 3 is 2.57 bits per heavy atom. The normalized spacial score (nSPS) is 14.5. The molecule has 4 rings (SSSR count). The maximum absolute atomic E-state index is 12.5. The number of rotatable bonds is 9. The first-order valence-electron chi connectivity index (χ1n) is 11.0. The second-order valence-electron chi connectivity index (χ2n) is 8.23. The summed E-state index contributed by atoms with van der Waals surface area (Å²) < 4.78 is 0. The number of nitrogens with one attached hydrogen (secondary N) is 1. The van der Waals surface area contributed by atoms with Gasteiger partial charge in [0, 0.05) is 36.9 Å². The lowest BCUT2D eigenvalue weighted by atomic mass is 10.1. The van der Waals surface area contributed by atoms with Crippen molar-refractivity contribution in [3.63, 3.8) is 0 Å². The Morgan fingerprint density at radius 2 is 1.83 bits per heavy atom. The van der Waals surface area contributed by atoms with Crippen molar-refractivity contribution in [1.29, 1.82) is 0 Å². The molecule has 3 aromatic rings. The molecule has 1 amide bonds. The third-order valence-corrected chi connectivity index (χ3v) is 5.69. The molecule has 1 aliphatic carbocycles. The molecule has 1 atom stereocenters. The van der Waals surface area contributed by atoms with Crippen molar-refractivity contribution in [1.82, 2.24) is 15.3 Å². The molecule has 5 heteroatoms. The monoisotopic (exact) mass is 402 g/mol. The summed E-state index contributed by atoms with van der Waals surface area (Å²) in [6.45, 7) is 5.45. The van der Waals surface area contributed by atoms with E-state index < -0.39 is 0 Å². The van der Waals surface area contributed by atoms with Crippen LogP contribution >= 0.6 is 0 Å². The third kappa shape index (κ3) is 4.96. The van der Waals surface area contributed by atoms with Crippen LogP contribution < -0.4 is 10.2 Å². The van der Waals surface area contributed by atoms with Crippen LogP contribution in [0.3, 0.4) is 0 Å². The van der Waals surface area contributed by atoms with E-state index in [1.54, 1.807) is 0 Å². The number of aromatic nitrogens is 2. The molecule has 5 nitrogen and oxygen atoms in total. The van der Waals surface area contributed by atoms with Gasteiger partial charge in [0.25, 0.3) is 0 Å². The lowest BCUT2D eigenvalue weighted by Gasteiger charge is -2.26. The fourth-order valence-corrected chi connectivity index (χ4v) is 3.59. The quantitative estimate of drug-likeness (QED) is 0.558. The number of carbonyl (C=O) groups is 1. The molecule has 1 aromatic heterocycles. The smallest absolute Gasteiger partial charge is 0.221 e. The number of anilines is 1. The molecule has 1 N–H and O–H groups in total. The van der Waals surface area contributed by atoms with Crippen molar-refractivity contribution in [3.8, 4) is 0 Å². The van der Waals surface area contributed by atoms with Crippen molar-refractivity contribution >= 4 is 22.6 Å². The fraction of sp³-hybridized carbons (Fsp3) is 0.400. The lowest BCUT2D eigenvalue weighted by Crippen LogP contribution is -2.35. The Morgan fingerprint density at radius 1 is 1.10 bits per heavy atom. The van der Waals surface area contributed by atoms with E-state index >= 15 is 0 Å². The van der Waals surface area contributed by atoms with Gasteiger partial charge >= 0.3 is 0 Å². The average molecular weight is 403 g/mol. The molecule has 156 valence electrons. The van der Waals surface area contributed by atoms with Gasteiger partial charge in [0.1, 0.15) is 11.6 Å². The molecule has 1 aliphatic rings. The molecule has 0 aliphatic heterocycles. The predicted octanol–water partition coefficient (Wildman–Crippen LogP) is 4.82. The van der Waals surface area contributed by atoms with E-state index in [1.165, 1.54) is 5.56 Å². The Labute approximate surface area is 178 Å². The van der Waals surface area contributed by atoms with Gasteiger partial charge in [-0.3, -0.25) is 4.79 Å². The Hall–Kier alpha value is -2.95. The van der Waals surface area contributed by atoms with E-state index in [4.69, 9.17) is 9.97 Å². The van der Waals surface area contributed by atoms with Crippen LogP contribution in [0.2, 0.25) is 0 Å². The van der Waals surface area contributed by atoms with E-state index in [0.29, 0.717) is 25.4 Å². The lowest BCUT2D eigenvalue weighted by molar-refractivity contribution is -0.121. The van der Waals surface area contributed by atoms with Gasteiger partial charge in [-0.25, -0.2) is 9.97 Å². The standard InChI is InChI=1S/C25H30N4O/c1-3-18(2)26-23(30)15-16-29(17-19-9-5-4-6-10-19)25-21-11-7-8-12-22(21)27-24(28-25)20-13-14-20/h4-12,18,20H,3,13-17H2,1-2H3,(H,26,30). The summed E-state index contributed by atoms with van der Waals surface area (Å²) in [5, 5.41) is 4.12. The summed E-state index contributed by atoms with van der Waals surface area (Å²) >= 11 is 0. The second kappa shape index (κ2) is 9.24. The number of hydrogen-bond donors (Lipinski definition) is 1. The molecule has 0 radical (unpaired) electrons. The molecule has 1 unspecified atom stereocenters. The molecular weight excluding hydrogens is 372 g/mol. The Bertz CT molecular complexity index is 1000. The van der Waals surface area contributed by atoms with E-state index in [0.717, 1.165) is 41.8 Å². The number of carbonyl (C=O) groups excluding carboxylic acids is 1. The number of amides is 1. The fourth-order valence-electron chi connectivity index (χ4n) is 3.59. The van der Waals surface area contributed by atoms with Gasteiger partial charge in [0.15, 0.2) is 0 Å². The first-order chi connectivity index (χ1) is 14.6. The molecular formula is C25H30N4O. The van der Waals surface area contributed by atoms with Crippen LogP contribution in [0.15, 0.2) is 54.6 Å². The van der Waals surface area contributed by atoms with Crippen LogP contribution in [0.1, 0.15) is 56.8 Å². The van der Waals surface area contributed by atoms with Gasteiger partial charge in [0.05, 0.1) is 5.52 Å². The van der Waals surface area contributed by atoms with E-state index in [9.17, 15) is 4.79 Å². The first-order valence-corrected chi connectivity index (χ1v) is 11.0. The van der Waals surface area contributed by atoms with Crippen LogP contribution in [-0.4, -0.2) is 28.5 Å². The highest BCUT2D eigenvalue weighted by molar-refractivity contribution is 5.90. The molecule has 1 saturated carbocycles. The molecule has 0 bridgehead atoms. The molecule has 1 fully saturated rings. The highest BCUT2D eigenvalue weighted by Crippen LogP contribution is 2.40. The van der Waals surface area contributed by atoms with Crippen molar-refractivity contribution in [2.24, 2.45) is 0 Å². The van der Waals surface area contributed by atoms with Crippen molar-refractivity contribution in [3.05, 3.63) is 66.0 Å². The molecule has 30 heavy (non-hydrogen) atoms. The van der Waals surface area contributed by atoms with E-state index in [-0.39, 0.29) is 11.9 Å². The summed E-state index contributed by atoms with van der Waals surface area (Å²) in [5.74, 6) is 2.43. The minimum Gasteiger partial charge on any atom is -0.354 e. The van der Waals surface area contributed by atoms with Crippen LogP contribution in [0, 0.1) is 0 Å². The first kappa shape index (κ1) is 20.3. The van der Waals surface area contributed by atoms with Gasteiger partial charge in [-0.05, 0) is 43.9 Å². The highest BCUT2D eigenvalue weighted by atomic mass is 16.1. The summed E-state index contributed by atoms with van der Waals surface area (Å²) in [6, 6.07) is 18.8. The van der Waals surface area contributed by atoms with Gasteiger partial charge in [-0.15, -0.1) is 0 Å². The van der Waals surface area contributed by atoms with Gasteiger partial charge < -0.3 is 10.2 Å². The zero-order chi connectivity index (χ0) is 20.9. The minimum absolute atomic E-state index is 0.0863. The number of fused-ring (bicyclic) bond motifs is 1. The van der Waals surface area contributed by atoms with E-state index in [1.807, 2.05) is 25.1 Å². The minimum atomic E-state index is 0.0863. The van der Waals surface area contributed by atoms with E-state index in [2.05, 4.69) is 53.5 Å². The summed E-state index contributed by atoms with van der Waals surface area (Å²) in [6.07, 6.45) is 3.69. The van der Waals surface area contributed by atoms with Crippen molar-refractivity contribution < 1.29 is 4.79 Å². The maximum Gasteiger partial charge on any atom is 0.221 e. The van der Waals surface area contributed by atoms with Crippen LogP contribution in [-0.2, 0) is 11.3 Å².